The fourth-order valence-corrected chi connectivity index (χ4v) is 1.42. The quantitative estimate of drug-likeness (QED) is 0.683. The highest BCUT2D eigenvalue weighted by Gasteiger charge is 1.97. The van der Waals surface area contributed by atoms with Crippen molar-refractivity contribution in [2.45, 2.75) is 13.3 Å². The number of aromatic nitrogens is 1. The molecule has 0 amide bonds. The molecular weight excluding hydrogens is 177 g/mol. The zero-order chi connectivity index (χ0) is 9.97. The number of halogens is 1. The van der Waals surface area contributed by atoms with Crippen LogP contribution in [0.1, 0.15) is 12.5 Å². The van der Waals surface area contributed by atoms with Gasteiger partial charge in [0.2, 0.25) is 0 Å². The van der Waals surface area contributed by atoms with Gasteiger partial charge in [0, 0.05) is 18.1 Å². The number of rotatable bonds is 2. The lowest BCUT2D eigenvalue weighted by molar-refractivity contribution is 0.627. The Bertz CT molecular complexity index is 414. The second-order valence-corrected chi connectivity index (χ2v) is 3.26. The van der Waals surface area contributed by atoms with Crippen molar-refractivity contribution in [3.05, 3.63) is 54.1 Å². The minimum atomic E-state index is -0.198. The fourth-order valence-electron chi connectivity index (χ4n) is 1.42. The molecule has 0 aliphatic heterocycles. The predicted octanol–water partition coefficient (Wildman–Crippen LogP) is 3.18. The van der Waals surface area contributed by atoms with E-state index in [0.717, 1.165) is 12.1 Å². The van der Waals surface area contributed by atoms with Crippen LogP contribution >= 0.6 is 0 Å². The highest BCUT2D eigenvalue weighted by Crippen LogP contribution is 2.11. The number of hydrogen-bond acceptors (Lipinski definition) is 0. The van der Waals surface area contributed by atoms with Gasteiger partial charge in [-0.05, 0) is 42.3 Å². The van der Waals surface area contributed by atoms with Crippen LogP contribution in [0.3, 0.4) is 0 Å². The molecule has 0 fully saturated rings. The van der Waals surface area contributed by atoms with Gasteiger partial charge in [-0.3, -0.25) is 0 Å². The number of benzene rings is 1. The first-order valence-electron chi connectivity index (χ1n) is 4.72. The molecule has 0 spiro atoms. The standard InChI is InChI=1S/C12H12FN/c1-2-10-7-8-14(9-10)12-5-3-11(13)4-6-12/h3-9H,2H2,1H3. The predicted molar refractivity (Wildman–Crippen MR) is 55.1 cm³/mol. The van der Waals surface area contributed by atoms with Gasteiger partial charge in [0.25, 0.3) is 0 Å². The molecule has 1 aromatic carbocycles. The van der Waals surface area contributed by atoms with Crippen LogP contribution in [0.5, 0.6) is 0 Å². The van der Waals surface area contributed by atoms with Gasteiger partial charge in [-0.25, -0.2) is 4.39 Å². The molecule has 0 saturated heterocycles. The maximum Gasteiger partial charge on any atom is 0.123 e. The van der Waals surface area contributed by atoms with Gasteiger partial charge < -0.3 is 4.57 Å². The summed E-state index contributed by atoms with van der Waals surface area (Å²) in [4.78, 5) is 0. The van der Waals surface area contributed by atoms with Crippen LogP contribution in [0.4, 0.5) is 4.39 Å². The molecule has 1 aromatic heterocycles. The average molecular weight is 189 g/mol. The van der Waals surface area contributed by atoms with Gasteiger partial charge in [-0.2, -0.15) is 0 Å². The lowest BCUT2D eigenvalue weighted by Gasteiger charge is -2.01. The average Bonchev–Trinajstić information content (AvgIpc) is 2.67. The van der Waals surface area contributed by atoms with Crippen molar-refractivity contribution in [1.82, 2.24) is 4.57 Å². The Morgan fingerprint density at radius 1 is 1.14 bits per heavy atom. The van der Waals surface area contributed by atoms with Gasteiger partial charge in [0.05, 0.1) is 0 Å². The van der Waals surface area contributed by atoms with Crippen molar-refractivity contribution in [2.75, 3.05) is 0 Å². The summed E-state index contributed by atoms with van der Waals surface area (Å²) in [6, 6.07) is 8.56. The van der Waals surface area contributed by atoms with E-state index in [0.29, 0.717) is 0 Å². The molecule has 0 N–H and O–H groups in total. The Labute approximate surface area is 82.8 Å². The number of nitrogens with zero attached hydrogens (tertiary/aromatic N) is 1. The summed E-state index contributed by atoms with van der Waals surface area (Å²) in [5.74, 6) is -0.198. The summed E-state index contributed by atoms with van der Waals surface area (Å²) < 4.78 is 14.7. The molecule has 2 heteroatoms. The Hall–Kier alpha value is -1.57. The number of aryl methyl sites for hydroxylation is 1. The van der Waals surface area contributed by atoms with E-state index in [4.69, 9.17) is 0 Å². The van der Waals surface area contributed by atoms with Gasteiger partial charge in [-0.1, -0.05) is 6.92 Å². The fraction of sp³-hybridized carbons (Fsp3) is 0.167. The third-order valence-electron chi connectivity index (χ3n) is 2.29. The summed E-state index contributed by atoms with van der Waals surface area (Å²) in [6.07, 6.45) is 5.08. The molecular formula is C12H12FN. The molecule has 2 aromatic rings. The topological polar surface area (TPSA) is 4.93 Å². The monoisotopic (exact) mass is 189 g/mol. The second-order valence-electron chi connectivity index (χ2n) is 3.26. The molecule has 0 saturated carbocycles. The van der Waals surface area contributed by atoms with E-state index < -0.39 is 0 Å². The molecule has 0 atom stereocenters. The van der Waals surface area contributed by atoms with E-state index in [1.807, 2.05) is 10.8 Å². The lowest BCUT2D eigenvalue weighted by Crippen LogP contribution is -1.89. The largest absolute Gasteiger partial charge is 0.324 e. The Morgan fingerprint density at radius 2 is 1.86 bits per heavy atom. The molecule has 2 rings (SSSR count). The maximum absolute atomic E-state index is 12.7. The molecule has 0 aliphatic rings. The zero-order valence-corrected chi connectivity index (χ0v) is 8.07. The SMILES string of the molecule is CCc1ccn(-c2ccc(F)cc2)c1. The third kappa shape index (κ3) is 1.69. The Morgan fingerprint density at radius 3 is 2.43 bits per heavy atom. The van der Waals surface area contributed by atoms with Crippen molar-refractivity contribution >= 4 is 0 Å². The van der Waals surface area contributed by atoms with Gasteiger partial charge in [0.15, 0.2) is 0 Å². The molecule has 0 radical (unpaired) electrons. The molecule has 1 heterocycles. The molecule has 14 heavy (non-hydrogen) atoms. The third-order valence-corrected chi connectivity index (χ3v) is 2.29. The Balaban J connectivity index is 2.34. The lowest BCUT2D eigenvalue weighted by atomic mass is 10.3. The first-order valence-corrected chi connectivity index (χ1v) is 4.72. The van der Waals surface area contributed by atoms with Crippen molar-refractivity contribution in [2.24, 2.45) is 0 Å². The molecule has 72 valence electrons. The maximum atomic E-state index is 12.7. The molecule has 1 nitrogen and oxygen atoms in total. The van der Waals surface area contributed by atoms with E-state index in [-0.39, 0.29) is 5.82 Å². The normalized spacial score (nSPS) is 10.4. The summed E-state index contributed by atoms with van der Waals surface area (Å²) in [7, 11) is 0. The van der Waals surface area contributed by atoms with Crippen LogP contribution in [-0.4, -0.2) is 4.57 Å². The molecule has 0 aliphatic carbocycles. The van der Waals surface area contributed by atoms with Crippen LogP contribution in [0, 0.1) is 5.82 Å². The summed E-state index contributed by atoms with van der Waals surface area (Å²) in [6.45, 7) is 2.12. The van der Waals surface area contributed by atoms with Crippen molar-refractivity contribution < 1.29 is 4.39 Å². The van der Waals surface area contributed by atoms with Crippen LogP contribution in [0.15, 0.2) is 42.7 Å². The second kappa shape index (κ2) is 3.66. The van der Waals surface area contributed by atoms with Crippen LogP contribution in [0.25, 0.3) is 5.69 Å². The molecule has 0 unspecified atom stereocenters. The Kier molecular flexibility index (Phi) is 2.35. The number of hydrogen-bond donors (Lipinski definition) is 0. The van der Waals surface area contributed by atoms with E-state index in [2.05, 4.69) is 19.2 Å². The highest BCUT2D eigenvalue weighted by molar-refractivity contribution is 5.33. The van der Waals surface area contributed by atoms with Crippen LogP contribution in [0.2, 0.25) is 0 Å². The van der Waals surface area contributed by atoms with E-state index in [1.165, 1.54) is 17.7 Å². The van der Waals surface area contributed by atoms with Crippen LogP contribution < -0.4 is 0 Å². The van der Waals surface area contributed by atoms with E-state index in [9.17, 15) is 4.39 Å². The van der Waals surface area contributed by atoms with E-state index in [1.54, 1.807) is 12.1 Å². The first kappa shape index (κ1) is 9.00. The summed E-state index contributed by atoms with van der Waals surface area (Å²) >= 11 is 0. The summed E-state index contributed by atoms with van der Waals surface area (Å²) in [5, 5.41) is 0. The highest BCUT2D eigenvalue weighted by atomic mass is 19.1. The van der Waals surface area contributed by atoms with Gasteiger partial charge >= 0.3 is 0 Å². The zero-order valence-electron chi connectivity index (χ0n) is 8.07. The van der Waals surface area contributed by atoms with Gasteiger partial charge in [-0.15, -0.1) is 0 Å². The minimum absolute atomic E-state index is 0.198. The van der Waals surface area contributed by atoms with Crippen LogP contribution in [-0.2, 0) is 6.42 Å². The molecule has 0 bridgehead atoms. The minimum Gasteiger partial charge on any atom is -0.324 e. The van der Waals surface area contributed by atoms with Crippen molar-refractivity contribution in [3.8, 4) is 5.69 Å². The summed E-state index contributed by atoms with van der Waals surface area (Å²) in [5.41, 5.74) is 2.28. The van der Waals surface area contributed by atoms with Crippen molar-refractivity contribution in [1.29, 1.82) is 0 Å². The first-order chi connectivity index (χ1) is 6.79. The van der Waals surface area contributed by atoms with Gasteiger partial charge in [0.1, 0.15) is 5.82 Å². The smallest absolute Gasteiger partial charge is 0.123 e. The van der Waals surface area contributed by atoms with E-state index >= 15 is 0 Å². The van der Waals surface area contributed by atoms with Crippen molar-refractivity contribution in [3.63, 3.8) is 0 Å².